The van der Waals surface area contributed by atoms with Crippen molar-refractivity contribution in [2.45, 2.75) is 51.6 Å². The Hall–Kier alpha value is -2.77. The van der Waals surface area contributed by atoms with Crippen LogP contribution in [0.2, 0.25) is 0 Å². The number of carbonyl (C=O) groups excluding carboxylic acids is 4. The molecule has 0 aliphatic carbocycles. The van der Waals surface area contributed by atoms with Crippen molar-refractivity contribution in [2.24, 2.45) is 5.73 Å². The molecule has 26 heavy (non-hydrogen) atoms. The number of hydrogen-bond acceptors (Lipinski definition) is 4. The summed E-state index contributed by atoms with van der Waals surface area (Å²) in [5.41, 5.74) is 5.79. The molecule has 0 saturated carbocycles. The molecule has 0 bridgehead atoms. The van der Waals surface area contributed by atoms with Crippen LogP contribution in [-0.2, 0) is 25.6 Å². The summed E-state index contributed by atoms with van der Waals surface area (Å²) in [6.45, 7) is 2.95. The quantitative estimate of drug-likeness (QED) is 0.563. The van der Waals surface area contributed by atoms with Crippen molar-refractivity contribution in [3.05, 3.63) is 35.6 Å². The molecule has 0 aliphatic heterocycles. The number of amides is 3. The Bertz CT molecular complexity index is 678. The monoisotopic (exact) mass is 365 g/mol. The number of primary amides is 1. The molecular weight excluding hydrogens is 341 g/mol. The van der Waals surface area contributed by atoms with Crippen LogP contribution in [0.25, 0.3) is 0 Å². The highest BCUT2D eigenvalue weighted by Gasteiger charge is 2.25. The van der Waals surface area contributed by atoms with Gasteiger partial charge in [0.1, 0.15) is 23.7 Å². The van der Waals surface area contributed by atoms with E-state index in [-0.39, 0.29) is 25.0 Å². The number of benzene rings is 1. The van der Waals surface area contributed by atoms with Gasteiger partial charge in [-0.15, -0.1) is 0 Å². The third kappa shape index (κ3) is 7.42. The first-order valence-electron chi connectivity index (χ1n) is 8.35. The van der Waals surface area contributed by atoms with E-state index in [0.717, 1.165) is 0 Å². The number of ketones is 1. The van der Waals surface area contributed by atoms with E-state index in [2.05, 4.69) is 10.6 Å². The second-order valence-corrected chi connectivity index (χ2v) is 5.98. The van der Waals surface area contributed by atoms with Crippen LogP contribution in [0.1, 0.15) is 38.7 Å². The molecule has 0 saturated heterocycles. The Morgan fingerprint density at radius 1 is 1.15 bits per heavy atom. The number of rotatable bonds is 10. The summed E-state index contributed by atoms with van der Waals surface area (Å²) < 4.78 is 13.3. The van der Waals surface area contributed by atoms with E-state index in [4.69, 9.17) is 5.73 Å². The number of nitrogens with one attached hydrogen (secondary N) is 2. The van der Waals surface area contributed by atoms with Gasteiger partial charge >= 0.3 is 0 Å². The Kier molecular flexibility index (Phi) is 8.41. The molecule has 1 rings (SSSR count). The Morgan fingerprint density at radius 3 is 2.38 bits per heavy atom. The minimum Gasteiger partial charge on any atom is -0.368 e. The van der Waals surface area contributed by atoms with Crippen LogP contribution in [-0.4, -0.2) is 35.6 Å². The van der Waals surface area contributed by atoms with Crippen LogP contribution in [0.5, 0.6) is 0 Å². The second kappa shape index (κ2) is 10.3. The lowest BCUT2D eigenvalue weighted by molar-refractivity contribution is -0.131. The molecule has 7 nitrogen and oxygen atoms in total. The fourth-order valence-corrected chi connectivity index (χ4v) is 2.39. The fraction of sp³-hybridized carbons (Fsp3) is 0.444. The molecule has 1 aromatic carbocycles. The number of nitrogens with two attached hydrogens (primary N) is 1. The highest BCUT2D eigenvalue weighted by molar-refractivity contribution is 5.91. The molecule has 8 heteroatoms. The molecule has 0 aliphatic rings. The lowest BCUT2D eigenvalue weighted by Gasteiger charge is -2.21. The maximum absolute atomic E-state index is 13.3. The average molecular weight is 365 g/mol. The van der Waals surface area contributed by atoms with Gasteiger partial charge in [-0.2, -0.15) is 0 Å². The fourth-order valence-electron chi connectivity index (χ4n) is 2.39. The molecule has 1 aromatic rings. The van der Waals surface area contributed by atoms with Gasteiger partial charge in [0.25, 0.3) is 0 Å². The van der Waals surface area contributed by atoms with Gasteiger partial charge in [0.15, 0.2) is 0 Å². The number of halogens is 1. The average Bonchev–Trinajstić information content (AvgIpc) is 2.56. The normalized spacial score (nSPS) is 12.7. The first kappa shape index (κ1) is 21.3. The van der Waals surface area contributed by atoms with E-state index in [1.165, 1.54) is 25.1 Å². The van der Waals surface area contributed by atoms with Crippen molar-refractivity contribution in [3.63, 3.8) is 0 Å². The van der Waals surface area contributed by atoms with E-state index in [9.17, 15) is 23.6 Å². The third-order valence-electron chi connectivity index (χ3n) is 3.79. The SMILES string of the molecule is CCC(=O)CC[C@@H](NC(=O)[C@@H](Cc1cccc(F)c1)NC(C)=O)C(N)=O. The van der Waals surface area contributed by atoms with Crippen molar-refractivity contribution in [1.82, 2.24) is 10.6 Å². The van der Waals surface area contributed by atoms with Crippen molar-refractivity contribution in [2.75, 3.05) is 0 Å². The Morgan fingerprint density at radius 2 is 1.85 bits per heavy atom. The standard InChI is InChI=1S/C18H24FN3O4/c1-3-14(24)7-8-15(17(20)25)22-18(26)16(21-11(2)23)10-12-5-4-6-13(19)9-12/h4-6,9,15-16H,3,7-8,10H2,1-2H3,(H2,20,25)(H,21,23)(H,22,26)/t15-,16-/m1/s1. The smallest absolute Gasteiger partial charge is 0.243 e. The Balaban J connectivity index is 2.83. The molecule has 0 unspecified atom stereocenters. The predicted octanol–water partition coefficient (Wildman–Crippen LogP) is 0.602. The third-order valence-corrected chi connectivity index (χ3v) is 3.79. The molecule has 3 amide bonds. The summed E-state index contributed by atoms with van der Waals surface area (Å²) >= 11 is 0. The topological polar surface area (TPSA) is 118 Å². The molecule has 0 spiro atoms. The highest BCUT2D eigenvalue weighted by atomic mass is 19.1. The number of Topliss-reactive ketones (excluding diaryl/α,β-unsaturated/α-hetero) is 1. The maximum atomic E-state index is 13.3. The van der Waals surface area contributed by atoms with E-state index >= 15 is 0 Å². The second-order valence-electron chi connectivity index (χ2n) is 5.98. The molecule has 142 valence electrons. The van der Waals surface area contributed by atoms with Crippen molar-refractivity contribution in [1.29, 1.82) is 0 Å². The van der Waals surface area contributed by atoms with E-state index in [1.807, 2.05) is 0 Å². The van der Waals surface area contributed by atoms with Crippen LogP contribution in [0.15, 0.2) is 24.3 Å². The molecule has 2 atom stereocenters. The first-order chi connectivity index (χ1) is 12.2. The summed E-state index contributed by atoms with van der Waals surface area (Å²) in [6, 6.07) is 3.62. The van der Waals surface area contributed by atoms with Gasteiger partial charge in [0.2, 0.25) is 17.7 Å². The minimum absolute atomic E-state index is 0.0442. The van der Waals surface area contributed by atoms with Crippen LogP contribution in [0.4, 0.5) is 4.39 Å². The zero-order valence-electron chi connectivity index (χ0n) is 14.9. The summed E-state index contributed by atoms with van der Waals surface area (Å²) in [6.07, 6.45) is 0.565. The van der Waals surface area contributed by atoms with Crippen molar-refractivity contribution >= 4 is 23.5 Å². The number of hydrogen-bond donors (Lipinski definition) is 3. The van der Waals surface area contributed by atoms with Gasteiger partial charge in [-0.3, -0.25) is 19.2 Å². The summed E-state index contributed by atoms with van der Waals surface area (Å²) in [4.78, 5) is 46.8. The van der Waals surface area contributed by atoms with E-state index in [0.29, 0.717) is 12.0 Å². The lowest BCUT2D eigenvalue weighted by Crippen LogP contribution is -2.53. The summed E-state index contributed by atoms with van der Waals surface area (Å²) in [7, 11) is 0. The summed E-state index contributed by atoms with van der Waals surface area (Å²) in [5, 5.41) is 4.94. The van der Waals surface area contributed by atoms with Crippen LogP contribution >= 0.6 is 0 Å². The van der Waals surface area contributed by atoms with E-state index < -0.39 is 35.6 Å². The summed E-state index contributed by atoms with van der Waals surface area (Å²) in [5.74, 6) is -2.36. The lowest BCUT2D eigenvalue weighted by atomic mass is 10.0. The largest absolute Gasteiger partial charge is 0.368 e. The van der Waals surface area contributed by atoms with Gasteiger partial charge < -0.3 is 16.4 Å². The van der Waals surface area contributed by atoms with Gasteiger partial charge in [-0.05, 0) is 24.1 Å². The molecular formula is C18H24FN3O4. The van der Waals surface area contributed by atoms with E-state index in [1.54, 1.807) is 13.0 Å². The molecule has 0 radical (unpaired) electrons. The Labute approximate surface area is 151 Å². The number of carbonyl (C=O) groups is 4. The van der Waals surface area contributed by atoms with Crippen LogP contribution < -0.4 is 16.4 Å². The maximum Gasteiger partial charge on any atom is 0.243 e. The predicted molar refractivity (Wildman–Crippen MR) is 93.4 cm³/mol. The van der Waals surface area contributed by atoms with Gasteiger partial charge in [-0.1, -0.05) is 19.1 Å². The van der Waals surface area contributed by atoms with Gasteiger partial charge in [0, 0.05) is 26.2 Å². The molecule has 0 aromatic heterocycles. The minimum atomic E-state index is -1.03. The van der Waals surface area contributed by atoms with Crippen molar-refractivity contribution < 1.29 is 23.6 Å². The van der Waals surface area contributed by atoms with Gasteiger partial charge in [0.05, 0.1) is 0 Å². The molecule has 0 heterocycles. The zero-order valence-corrected chi connectivity index (χ0v) is 14.9. The highest BCUT2D eigenvalue weighted by Crippen LogP contribution is 2.08. The zero-order chi connectivity index (χ0) is 19.7. The van der Waals surface area contributed by atoms with Crippen molar-refractivity contribution in [3.8, 4) is 0 Å². The van der Waals surface area contributed by atoms with Gasteiger partial charge in [-0.25, -0.2) is 4.39 Å². The molecule has 0 fully saturated rings. The first-order valence-corrected chi connectivity index (χ1v) is 8.35. The van der Waals surface area contributed by atoms with Crippen LogP contribution in [0.3, 0.4) is 0 Å². The van der Waals surface area contributed by atoms with Crippen LogP contribution in [0, 0.1) is 5.82 Å². The molecule has 4 N–H and O–H groups in total.